The van der Waals surface area contributed by atoms with E-state index in [2.05, 4.69) is 52.5 Å². The third kappa shape index (κ3) is 4.74. The predicted octanol–water partition coefficient (Wildman–Crippen LogP) is 4.75. The fourth-order valence-electron chi connectivity index (χ4n) is 5.32. The summed E-state index contributed by atoms with van der Waals surface area (Å²) in [4.78, 5) is 11.1. The number of thioether (sulfide) groups is 1. The summed E-state index contributed by atoms with van der Waals surface area (Å²) in [7, 11) is 5.68. The van der Waals surface area contributed by atoms with Gasteiger partial charge >= 0.3 is 0 Å². The Labute approximate surface area is 205 Å². The first kappa shape index (κ1) is 23.4. The van der Waals surface area contributed by atoms with Gasteiger partial charge in [0.1, 0.15) is 0 Å². The molecule has 2 atom stereocenters. The summed E-state index contributed by atoms with van der Waals surface area (Å²) in [5.41, 5.74) is 3.83. The van der Waals surface area contributed by atoms with Gasteiger partial charge in [0.05, 0.1) is 18.3 Å². The number of likely N-dealkylation sites (tertiary alicyclic amines) is 1. The lowest BCUT2D eigenvalue weighted by Crippen LogP contribution is -2.37. The molecule has 34 heavy (non-hydrogen) atoms. The first-order chi connectivity index (χ1) is 16.6. The van der Waals surface area contributed by atoms with E-state index in [-0.39, 0.29) is 11.6 Å². The van der Waals surface area contributed by atoms with Crippen LogP contribution in [0.1, 0.15) is 6.42 Å². The zero-order chi connectivity index (χ0) is 23.7. The number of rotatable bonds is 7. The summed E-state index contributed by atoms with van der Waals surface area (Å²) < 4.78 is 20.0. The van der Waals surface area contributed by atoms with Crippen molar-refractivity contribution < 1.29 is 9.13 Å². The number of anilines is 1. The molecule has 0 radical (unpaired) electrons. The Morgan fingerprint density at radius 2 is 1.91 bits per heavy atom. The molecule has 5 rings (SSSR count). The van der Waals surface area contributed by atoms with E-state index in [1.165, 1.54) is 18.4 Å². The standard InChI is InChI=1S/C27H33FN4OS/c1-29-9-11-34-21-6-4-18(5-7-21)24-13-26(22-12-23(28)27(33-3)14-25(22)30-24)32-16-19-8-10-31(2)15-20(19)17-32/h4-7,12-14,19-20,29H,8-11,15-17H2,1-3H3/t19-,20+/m0/s1. The Balaban J connectivity index is 1.52. The number of hydrogen-bond acceptors (Lipinski definition) is 6. The molecule has 2 fully saturated rings. The summed E-state index contributed by atoms with van der Waals surface area (Å²) in [6.45, 7) is 5.29. The molecule has 0 unspecified atom stereocenters. The summed E-state index contributed by atoms with van der Waals surface area (Å²) in [6.07, 6.45) is 1.22. The molecule has 0 bridgehead atoms. The maximum Gasteiger partial charge on any atom is 0.165 e. The van der Waals surface area contributed by atoms with Crippen molar-refractivity contribution in [3.8, 4) is 17.0 Å². The van der Waals surface area contributed by atoms with Crippen LogP contribution < -0.4 is 15.0 Å². The molecule has 180 valence electrons. The van der Waals surface area contributed by atoms with Crippen LogP contribution in [0.15, 0.2) is 47.4 Å². The number of piperidine rings is 1. The lowest BCUT2D eigenvalue weighted by molar-refractivity contribution is 0.178. The van der Waals surface area contributed by atoms with E-state index < -0.39 is 0 Å². The first-order valence-corrected chi connectivity index (χ1v) is 13.0. The normalized spacial score (nSPS) is 20.6. The Bertz CT molecular complexity index is 1160. The maximum absolute atomic E-state index is 14.7. The molecule has 2 aromatic carbocycles. The Morgan fingerprint density at radius 1 is 1.12 bits per heavy atom. The summed E-state index contributed by atoms with van der Waals surface area (Å²) >= 11 is 1.84. The van der Waals surface area contributed by atoms with Gasteiger partial charge in [0.25, 0.3) is 0 Å². The summed E-state index contributed by atoms with van der Waals surface area (Å²) in [5.74, 6) is 2.27. The van der Waals surface area contributed by atoms with Gasteiger partial charge in [0.2, 0.25) is 0 Å². The molecule has 2 aliphatic rings. The third-order valence-corrected chi connectivity index (χ3v) is 8.19. The number of halogens is 1. The molecule has 0 saturated carbocycles. The molecule has 0 aliphatic carbocycles. The lowest BCUT2D eigenvalue weighted by Gasteiger charge is -2.31. The van der Waals surface area contributed by atoms with E-state index in [9.17, 15) is 4.39 Å². The van der Waals surface area contributed by atoms with Crippen LogP contribution in [-0.4, -0.2) is 69.6 Å². The van der Waals surface area contributed by atoms with Crippen molar-refractivity contribution in [3.05, 3.63) is 48.3 Å². The van der Waals surface area contributed by atoms with Crippen LogP contribution in [-0.2, 0) is 0 Å². The van der Waals surface area contributed by atoms with Crippen LogP contribution in [0.5, 0.6) is 5.75 Å². The average Bonchev–Trinajstić information content (AvgIpc) is 3.26. The number of ether oxygens (including phenoxy) is 1. The fourth-order valence-corrected chi connectivity index (χ4v) is 6.19. The van der Waals surface area contributed by atoms with Crippen molar-refractivity contribution in [3.63, 3.8) is 0 Å². The Hall–Kier alpha value is -2.35. The minimum absolute atomic E-state index is 0.232. The van der Waals surface area contributed by atoms with Crippen molar-refractivity contribution in [2.45, 2.75) is 11.3 Å². The maximum atomic E-state index is 14.7. The molecular weight excluding hydrogens is 447 g/mol. The molecular formula is C27H33FN4OS. The molecule has 1 aromatic heterocycles. The van der Waals surface area contributed by atoms with Gasteiger partial charge in [-0.15, -0.1) is 11.8 Å². The van der Waals surface area contributed by atoms with E-state index in [0.717, 1.165) is 66.3 Å². The second kappa shape index (κ2) is 10.1. The molecule has 2 saturated heterocycles. The minimum atomic E-state index is -0.343. The molecule has 7 heteroatoms. The highest BCUT2D eigenvalue weighted by Crippen LogP contribution is 2.39. The van der Waals surface area contributed by atoms with Crippen LogP contribution in [0.25, 0.3) is 22.2 Å². The van der Waals surface area contributed by atoms with Gasteiger partial charge in [-0.1, -0.05) is 12.1 Å². The van der Waals surface area contributed by atoms with E-state index >= 15 is 0 Å². The fraction of sp³-hybridized carbons (Fsp3) is 0.444. The van der Waals surface area contributed by atoms with Gasteiger partial charge in [-0.25, -0.2) is 9.37 Å². The van der Waals surface area contributed by atoms with Gasteiger partial charge in [-0.2, -0.15) is 0 Å². The zero-order valence-corrected chi connectivity index (χ0v) is 21.0. The smallest absolute Gasteiger partial charge is 0.165 e. The van der Waals surface area contributed by atoms with Crippen molar-refractivity contribution in [1.82, 2.24) is 15.2 Å². The van der Waals surface area contributed by atoms with Crippen molar-refractivity contribution in [2.75, 3.05) is 64.6 Å². The quantitative estimate of drug-likeness (QED) is 0.389. The molecule has 5 nitrogen and oxygen atoms in total. The van der Waals surface area contributed by atoms with E-state index in [1.54, 1.807) is 12.1 Å². The number of nitrogens with zero attached hydrogens (tertiary/aromatic N) is 3. The molecule has 0 amide bonds. The SMILES string of the molecule is CNCCSc1ccc(-c2cc(N3C[C@H]4CN(C)CC[C@H]4C3)c3cc(F)c(OC)cc3n2)cc1. The van der Waals surface area contributed by atoms with Crippen molar-refractivity contribution in [1.29, 1.82) is 0 Å². The number of methoxy groups -OCH3 is 1. The topological polar surface area (TPSA) is 40.6 Å². The Morgan fingerprint density at radius 3 is 2.68 bits per heavy atom. The van der Waals surface area contributed by atoms with Crippen molar-refractivity contribution >= 4 is 28.4 Å². The number of nitrogens with one attached hydrogen (secondary N) is 1. The molecule has 2 aliphatic heterocycles. The van der Waals surface area contributed by atoms with Crippen molar-refractivity contribution in [2.24, 2.45) is 11.8 Å². The predicted molar refractivity (Wildman–Crippen MR) is 140 cm³/mol. The number of hydrogen-bond donors (Lipinski definition) is 1. The largest absolute Gasteiger partial charge is 0.494 e. The first-order valence-electron chi connectivity index (χ1n) is 12.1. The van der Waals surface area contributed by atoms with Crippen LogP contribution in [0, 0.1) is 17.7 Å². The van der Waals surface area contributed by atoms with Gasteiger partial charge in [0.15, 0.2) is 11.6 Å². The molecule has 3 aromatic rings. The number of pyridine rings is 1. The second-order valence-corrected chi connectivity index (χ2v) is 10.7. The van der Waals surface area contributed by atoms with Crippen LogP contribution >= 0.6 is 11.8 Å². The monoisotopic (exact) mass is 480 g/mol. The van der Waals surface area contributed by atoms with Crippen LogP contribution in [0.2, 0.25) is 0 Å². The van der Waals surface area contributed by atoms with Gasteiger partial charge in [-0.3, -0.25) is 0 Å². The van der Waals surface area contributed by atoms with Gasteiger partial charge in [-0.05, 0) is 63.2 Å². The van der Waals surface area contributed by atoms with Crippen LogP contribution in [0.3, 0.4) is 0 Å². The van der Waals surface area contributed by atoms with Crippen LogP contribution in [0.4, 0.5) is 10.1 Å². The van der Waals surface area contributed by atoms with E-state index in [4.69, 9.17) is 9.72 Å². The number of fused-ring (bicyclic) bond motifs is 2. The van der Waals surface area contributed by atoms with Gasteiger partial charge in [0, 0.05) is 59.5 Å². The van der Waals surface area contributed by atoms with Gasteiger partial charge < -0.3 is 19.9 Å². The highest BCUT2D eigenvalue weighted by Gasteiger charge is 2.36. The third-order valence-electron chi connectivity index (χ3n) is 7.18. The second-order valence-electron chi connectivity index (χ2n) is 9.48. The number of benzene rings is 2. The number of aromatic nitrogens is 1. The minimum Gasteiger partial charge on any atom is -0.494 e. The highest BCUT2D eigenvalue weighted by atomic mass is 32.2. The lowest BCUT2D eigenvalue weighted by atomic mass is 9.89. The summed E-state index contributed by atoms with van der Waals surface area (Å²) in [5, 5.41) is 4.04. The highest BCUT2D eigenvalue weighted by molar-refractivity contribution is 7.99. The molecule has 0 spiro atoms. The van der Waals surface area contributed by atoms with E-state index in [1.807, 2.05) is 18.8 Å². The molecule has 1 N–H and O–H groups in total. The average molecular weight is 481 g/mol. The molecule has 3 heterocycles. The summed E-state index contributed by atoms with van der Waals surface area (Å²) in [6, 6.07) is 14.1. The zero-order valence-electron chi connectivity index (χ0n) is 20.2. The Kier molecular flexibility index (Phi) is 6.95. The van der Waals surface area contributed by atoms with E-state index in [0.29, 0.717) is 11.8 Å².